The van der Waals surface area contributed by atoms with Crippen molar-refractivity contribution in [1.82, 2.24) is 4.98 Å². The summed E-state index contributed by atoms with van der Waals surface area (Å²) < 4.78 is 10.5. The van der Waals surface area contributed by atoms with E-state index in [0.717, 1.165) is 16.5 Å². The number of carbonyl (C=O) groups is 1. The molecule has 0 fully saturated rings. The number of nitrogens with one attached hydrogen (secondary N) is 2. The van der Waals surface area contributed by atoms with Crippen LogP contribution in [0.25, 0.3) is 10.9 Å². The van der Waals surface area contributed by atoms with Gasteiger partial charge >= 0.3 is 0 Å². The van der Waals surface area contributed by atoms with E-state index < -0.39 is 0 Å². The molecular formula is C18H18N2O3. The molecule has 0 aliphatic heterocycles. The van der Waals surface area contributed by atoms with Gasteiger partial charge in [0.2, 0.25) is 0 Å². The molecule has 5 heteroatoms. The highest BCUT2D eigenvalue weighted by Gasteiger charge is 2.15. The van der Waals surface area contributed by atoms with Gasteiger partial charge in [0, 0.05) is 17.1 Å². The zero-order chi connectivity index (χ0) is 16.4. The number of carbonyl (C=O) groups excluding carboxylic acids is 1. The van der Waals surface area contributed by atoms with Crippen molar-refractivity contribution in [3.63, 3.8) is 0 Å². The first-order chi connectivity index (χ1) is 11.1. The van der Waals surface area contributed by atoms with Crippen LogP contribution in [0.1, 0.15) is 15.9 Å². The Hall–Kier alpha value is -2.95. The molecule has 0 spiro atoms. The number of H-pyrrole nitrogens is 1. The molecule has 0 unspecified atom stereocenters. The molecule has 0 aliphatic carbocycles. The lowest BCUT2D eigenvalue weighted by Crippen LogP contribution is -2.12. The molecule has 118 valence electrons. The van der Waals surface area contributed by atoms with Gasteiger partial charge in [0.15, 0.2) is 0 Å². The van der Waals surface area contributed by atoms with Crippen LogP contribution in [0.4, 0.5) is 5.69 Å². The van der Waals surface area contributed by atoms with Gasteiger partial charge in [-0.15, -0.1) is 0 Å². The van der Waals surface area contributed by atoms with Gasteiger partial charge in [-0.3, -0.25) is 4.79 Å². The molecule has 2 aromatic carbocycles. The Bertz CT molecular complexity index is 868. The number of ether oxygens (including phenoxy) is 2. The summed E-state index contributed by atoms with van der Waals surface area (Å²) in [6.45, 7) is 1.96. The van der Waals surface area contributed by atoms with E-state index in [2.05, 4.69) is 10.3 Å². The minimum absolute atomic E-state index is 0.201. The normalized spacial score (nSPS) is 10.6. The van der Waals surface area contributed by atoms with E-state index in [1.54, 1.807) is 20.4 Å². The lowest BCUT2D eigenvalue weighted by molar-refractivity contribution is 0.102. The fourth-order valence-corrected chi connectivity index (χ4v) is 2.52. The van der Waals surface area contributed by atoms with Crippen LogP contribution in [0.3, 0.4) is 0 Å². The Morgan fingerprint density at radius 2 is 1.91 bits per heavy atom. The van der Waals surface area contributed by atoms with E-state index >= 15 is 0 Å². The molecule has 2 N–H and O–H groups in total. The zero-order valence-corrected chi connectivity index (χ0v) is 13.3. The number of rotatable bonds is 4. The van der Waals surface area contributed by atoms with Crippen LogP contribution in [0.5, 0.6) is 11.5 Å². The monoisotopic (exact) mass is 310 g/mol. The van der Waals surface area contributed by atoms with Crippen molar-refractivity contribution >= 4 is 22.5 Å². The predicted octanol–water partition coefficient (Wildman–Crippen LogP) is 3.75. The second kappa shape index (κ2) is 6.04. The topological polar surface area (TPSA) is 63.4 Å². The molecule has 0 saturated heterocycles. The maximum Gasteiger partial charge on any atom is 0.257 e. The summed E-state index contributed by atoms with van der Waals surface area (Å²) in [4.78, 5) is 15.7. The molecule has 3 aromatic rings. The van der Waals surface area contributed by atoms with Gasteiger partial charge in [-0.25, -0.2) is 0 Å². The van der Waals surface area contributed by atoms with Gasteiger partial charge in [-0.05, 0) is 42.8 Å². The fourth-order valence-electron chi connectivity index (χ4n) is 2.52. The van der Waals surface area contributed by atoms with E-state index in [1.807, 2.05) is 43.3 Å². The lowest BCUT2D eigenvalue weighted by atomic mass is 10.1. The summed E-state index contributed by atoms with van der Waals surface area (Å²) in [6, 6.07) is 11.2. The van der Waals surface area contributed by atoms with E-state index in [4.69, 9.17) is 9.47 Å². The van der Waals surface area contributed by atoms with Crippen LogP contribution in [0, 0.1) is 6.92 Å². The van der Waals surface area contributed by atoms with Crippen molar-refractivity contribution in [3.05, 3.63) is 53.7 Å². The maximum atomic E-state index is 12.6. The van der Waals surface area contributed by atoms with Crippen LogP contribution in [0.2, 0.25) is 0 Å². The molecule has 0 bridgehead atoms. The fraction of sp³-hybridized carbons (Fsp3) is 0.167. The zero-order valence-electron chi connectivity index (χ0n) is 13.3. The minimum Gasteiger partial charge on any atom is -0.497 e. The quantitative estimate of drug-likeness (QED) is 0.771. The van der Waals surface area contributed by atoms with Gasteiger partial charge in [0.1, 0.15) is 11.5 Å². The van der Waals surface area contributed by atoms with Crippen molar-refractivity contribution in [1.29, 1.82) is 0 Å². The predicted molar refractivity (Wildman–Crippen MR) is 90.5 cm³/mol. The molecule has 0 radical (unpaired) electrons. The molecule has 23 heavy (non-hydrogen) atoms. The number of aromatic amines is 1. The number of anilines is 1. The molecule has 0 saturated carbocycles. The Balaban J connectivity index is 1.96. The van der Waals surface area contributed by atoms with Crippen molar-refractivity contribution in [2.24, 2.45) is 0 Å². The van der Waals surface area contributed by atoms with Gasteiger partial charge in [-0.2, -0.15) is 0 Å². The SMILES string of the molecule is COc1ccc2[nH]cc(C(=O)Nc3cc(C)ccc3OC)c2c1. The van der Waals surface area contributed by atoms with Gasteiger partial charge < -0.3 is 19.8 Å². The van der Waals surface area contributed by atoms with Crippen LogP contribution in [0.15, 0.2) is 42.6 Å². The summed E-state index contributed by atoms with van der Waals surface area (Å²) in [7, 11) is 3.18. The first-order valence-corrected chi connectivity index (χ1v) is 7.23. The molecule has 5 nitrogen and oxygen atoms in total. The van der Waals surface area contributed by atoms with Crippen LogP contribution < -0.4 is 14.8 Å². The Morgan fingerprint density at radius 1 is 1.09 bits per heavy atom. The first-order valence-electron chi connectivity index (χ1n) is 7.23. The molecule has 3 rings (SSSR count). The average Bonchev–Trinajstić information content (AvgIpc) is 2.98. The smallest absolute Gasteiger partial charge is 0.257 e. The number of hydrogen-bond acceptors (Lipinski definition) is 3. The van der Waals surface area contributed by atoms with E-state index in [1.165, 1.54) is 0 Å². The van der Waals surface area contributed by atoms with Gasteiger partial charge in [0.25, 0.3) is 5.91 Å². The van der Waals surface area contributed by atoms with Gasteiger partial charge in [0.05, 0.1) is 25.5 Å². The molecule has 1 amide bonds. The standard InChI is InChI=1S/C18H18N2O3/c1-11-4-7-17(23-3)16(8-11)20-18(21)14-10-19-15-6-5-12(22-2)9-13(14)15/h4-10,19H,1-3H3,(H,20,21). The second-order valence-corrected chi connectivity index (χ2v) is 5.27. The molecule has 1 aromatic heterocycles. The third-order valence-corrected chi connectivity index (χ3v) is 3.74. The minimum atomic E-state index is -0.201. The lowest BCUT2D eigenvalue weighted by Gasteiger charge is -2.10. The van der Waals surface area contributed by atoms with Crippen molar-refractivity contribution in [3.8, 4) is 11.5 Å². The van der Waals surface area contributed by atoms with E-state index in [-0.39, 0.29) is 5.91 Å². The molecular weight excluding hydrogens is 292 g/mol. The second-order valence-electron chi connectivity index (χ2n) is 5.27. The summed E-state index contributed by atoms with van der Waals surface area (Å²) in [5.74, 6) is 1.13. The van der Waals surface area contributed by atoms with Gasteiger partial charge in [-0.1, -0.05) is 6.07 Å². The number of aryl methyl sites for hydroxylation is 1. The first kappa shape index (κ1) is 15.0. The van der Waals surface area contributed by atoms with Crippen LogP contribution in [-0.4, -0.2) is 25.1 Å². The Morgan fingerprint density at radius 3 is 2.65 bits per heavy atom. The summed E-state index contributed by atoms with van der Waals surface area (Å²) in [5, 5.41) is 3.72. The number of fused-ring (bicyclic) bond motifs is 1. The highest BCUT2D eigenvalue weighted by atomic mass is 16.5. The number of hydrogen-bond donors (Lipinski definition) is 2. The number of benzene rings is 2. The number of methoxy groups -OCH3 is 2. The summed E-state index contributed by atoms with van der Waals surface area (Å²) >= 11 is 0. The third-order valence-electron chi connectivity index (χ3n) is 3.74. The highest BCUT2D eigenvalue weighted by molar-refractivity contribution is 6.13. The van der Waals surface area contributed by atoms with Crippen molar-refractivity contribution in [2.45, 2.75) is 6.92 Å². The summed E-state index contributed by atoms with van der Waals surface area (Å²) in [5.41, 5.74) is 3.13. The Labute approximate surface area is 134 Å². The van der Waals surface area contributed by atoms with Crippen molar-refractivity contribution < 1.29 is 14.3 Å². The third kappa shape index (κ3) is 2.85. The van der Waals surface area contributed by atoms with Crippen molar-refractivity contribution in [2.75, 3.05) is 19.5 Å². The molecule has 1 heterocycles. The molecule has 0 aliphatic rings. The molecule has 0 atom stereocenters. The number of aromatic nitrogens is 1. The van der Waals surface area contributed by atoms with E-state index in [0.29, 0.717) is 22.7 Å². The van der Waals surface area contributed by atoms with Crippen LogP contribution >= 0.6 is 0 Å². The maximum absolute atomic E-state index is 12.6. The highest BCUT2D eigenvalue weighted by Crippen LogP contribution is 2.28. The number of amides is 1. The van der Waals surface area contributed by atoms with Crippen LogP contribution in [-0.2, 0) is 0 Å². The largest absolute Gasteiger partial charge is 0.497 e. The summed E-state index contributed by atoms with van der Waals surface area (Å²) in [6.07, 6.45) is 1.70. The Kier molecular flexibility index (Phi) is 3.93. The van der Waals surface area contributed by atoms with E-state index in [9.17, 15) is 4.79 Å². The average molecular weight is 310 g/mol.